The van der Waals surface area contributed by atoms with E-state index in [1.54, 1.807) is 0 Å². The Hall–Kier alpha value is -2.89. The maximum absolute atomic E-state index is 12.7. The maximum Gasteiger partial charge on any atom is 0.306 e. The van der Waals surface area contributed by atoms with Crippen molar-refractivity contribution in [3.05, 3.63) is 60.8 Å². The summed E-state index contributed by atoms with van der Waals surface area (Å²) in [7, 11) is 0. The lowest BCUT2D eigenvalue weighted by Gasteiger charge is -2.18. The lowest BCUT2D eigenvalue weighted by molar-refractivity contribution is -0.167. The molecule has 0 aliphatic heterocycles. The highest BCUT2D eigenvalue weighted by Crippen LogP contribution is 2.14. The fourth-order valence-corrected chi connectivity index (χ4v) is 6.25. The zero-order valence-corrected chi connectivity index (χ0v) is 36.6. The summed E-state index contributed by atoms with van der Waals surface area (Å²) in [6.07, 6.45) is 53.7. The van der Waals surface area contributed by atoms with Crippen molar-refractivity contribution in [3.63, 3.8) is 0 Å². The van der Waals surface area contributed by atoms with Gasteiger partial charge in [0.2, 0.25) is 0 Å². The minimum atomic E-state index is -0.785. The van der Waals surface area contributed by atoms with Gasteiger partial charge < -0.3 is 14.2 Å². The van der Waals surface area contributed by atoms with Crippen LogP contribution in [0, 0.1) is 0 Å². The van der Waals surface area contributed by atoms with E-state index < -0.39 is 6.10 Å². The van der Waals surface area contributed by atoms with Crippen molar-refractivity contribution in [2.24, 2.45) is 0 Å². The molecule has 1 unspecified atom stereocenters. The average molecular weight is 783 g/mol. The third-order valence-electron chi connectivity index (χ3n) is 9.76. The molecule has 0 saturated heterocycles. The third kappa shape index (κ3) is 42.3. The third-order valence-corrected chi connectivity index (χ3v) is 9.76. The number of unbranched alkanes of at least 4 members (excludes halogenated alkanes) is 20. The van der Waals surface area contributed by atoms with Crippen molar-refractivity contribution in [2.45, 2.75) is 226 Å². The van der Waals surface area contributed by atoms with Crippen LogP contribution in [-0.4, -0.2) is 37.2 Å². The van der Waals surface area contributed by atoms with E-state index in [9.17, 15) is 14.4 Å². The fourth-order valence-electron chi connectivity index (χ4n) is 6.25. The molecule has 0 fully saturated rings. The predicted octanol–water partition coefficient (Wildman–Crippen LogP) is 14.9. The Morgan fingerprint density at radius 2 is 0.696 bits per heavy atom. The first-order chi connectivity index (χ1) is 27.5. The molecule has 0 aromatic rings. The molecule has 0 rings (SSSR count). The number of ether oxygens (including phenoxy) is 3. The highest BCUT2D eigenvalue weighted by Gasteiger charge is 2.19. The maximum atomic E-state index is 12.7. The Labute approximate surface area is 345 Å². The summed E-state index contributed by atoms with van der Waals surface area (Å²) in [5.74, 6) is -0.934. The largest absolute Gasteiger partial charge is 0.462 e. The van der Waals surface area contributed by atoms with Crippen LogP contribution in [0.2, 0.25) is 0 Å². The number of hydrogen-bond acceptors (Lipinski definition) is 6. The highest BCUT2D eigenvalue weighted by atomic mass is 16.6. The molecule has 322 valence electrons. The van der Waals surface area contributed by atoms with Gasteiger partial charge in [0.1, 0.15) is 13.2 Å². The first-order valence-corrected chi connectivity index (χ1v) is 23.3. The Morgan fingerprint density at radius 3 is 1.14 bits per heavy atom. The molecule has 0 amide bonds. The van der Waals surface area contributed by atoms with Gasteiger partial charge in [-0.3, -0.25) is 14.4 Å². The molecular weight excluding hydrogens is 697 g/mol. The zero-order valence-electron chi connectivity index (χ0n) is 36.6. The van der Waals surface area contributed by atoms with Crippen LogP contribution in [0.5, 0.6) is 0 Å². The van der Waals surface area contributed by atoms with Crippen LogP contribution in [0.1, 0.15) is 220 Å². The Bertz CT molecular complexity index is 1040. The molecule has 0 heterocycles. The van der Waals surface area contributed by atoms with Gasteiger partial charge in [0.25, 0.3) is 0 Å². The van der Waals surface area contributed by atoms with E-state index in [-0.39, 0.29) is 31.1 Å². The van der Waals surface area contributed by atoms with Crippen LogP contribution in [0.15, 0.2) is 60.8 Å². The van der Waals surface area contributed by atoms with Gasteiger partial charge in [-0.25, -0.2) is 0 Å². The first kappa shape index (κ1) is 53.1. The molecule has 1 atom stereocenters. The summed E-state index contributed by atoms with van der Waals surface area (Å²) in [4.78, 5) is 37.6. The van der Waals surface area contributed by atoms with Gasteiger partial charge in [-0.1, -0.05) is 178 Å². The van der Waals surface area contributed by atoms with Crippen molar-refractivity contribution in [2.75, 3.05) is 13.2 Å². The van der Waals surface area contributed by atoms with Crippen molar-refractivity contribution in [1.82, 2.24) is 0 Å². The molecule has 0 aromatic heterocycles. The Kier molecular flexibility index (Phi) is 42.5. The number of carbonyl (C=O) groups excluding carboxylic acids is 3. The Balaban J connectivity index is 4.26. The second kappa shape index (κ2) is 44.8. The van der Waals surface area contributed by atoms with E-state index in [0.29, 0.717) is 19.3 Å². The molecule has 6 nitrogen and oxygen atoms in total. The van der Waals surface area contributed by atoms with E-state index in [2.05, 4.69) is 81.5 Å². The van der Waals surface area contributed by atoms with Crippen LogP contribution < -0.4 is 0 Å². The fraction of sp³-hybridized carbons (Fsp3) is 0.740. The normalized spacial score (nSPS) is 12.6. The highest BCUT2D eigenvalue weighted by molar-refractivity contribution is 5.71. The van der Waals surface area contributed by atoms with Crippen LogP contribution >= 0.6 is 0 Å². The monoisotopic (exact) mass is 783 g/mol. The van der Waals surface area contributed by atoms with Gasteiger partial charge >= 0.3 is 17.9 Å². The van der Waals surface area contributed by atoms with E-state index in [4.69, 9.17) is 14.2 Å². The van der Waals surface area contributed by atoms with Gasteiger partial charge in [-0.05, 0) is 83.5 Å². The first-order valence-electron chi connectivity index (χ1n) is 23.3. The average Bonchev–Trinajstić information content (AvgIpc) is 3.19. The number of esters is 3. The standard InChI is InChI=1S/C50H86O6/c1-4-7-10-13-16-18-20-22-23-24-25-26-27-29-30-32-34-37-40-43-49(52)55-46-47(45-54-48(51)42-39-36-15-12-9-6-3)56-50(53)44-41-38-35-33-31-28-21-19-17-14-11-8-5-2/h8,11,16-19,22-23,28,31,47H,4-7,9-10,12-15,20-21,24-27,29-30,32-46H2,1-3H3/b11-8-,18-16-,19-17-,23-22-,31-28-. The number of carbonyl (C=O) groups is 3. The summed E-state index contributed by atoms with van der Waals surface area (Å²) < 4.78 is 16.6. The summed E-state index contributed by atoms with van der Waals surface area (Å²) in [5.41, 5.74) is 0. The number of hydrogen-bond donors (Lipinski definition) is 0. The van der Waals surface area contributed by atoms with Crippen molar-refractivity contribution in [3.8, 4) is 0 Å². The molecule has 6 heteroatoms. The second-order valence-electron chi connectivity index (χ2n) is 15.3. The minimum Gasteiger partial charge on any atom is -0.462 e. The van der Waals surface area contributed by atoms with E-state index >= 15 is 0 Å². The van der Waals surface area contributed by atoms with Crippen molar-refractivity contribution >= 4 is 17.9 Å². The molecule has 0 N–H and O–H groups in total. The molecule has 0 bridgehead atoms. The van der Waals surface area contributed by atoms with Crippen LogP contribution in [0.25, 0.3) is 0 Å². The van der Waals surface area contributed by atoms with Gasteiger partial charge in [0, 0.05) is 19.3 Å². The number of allylic oxidation sites excluding steroid dienone is 10. The van der Waals surface area contributed by atoms with E-state index in [1.807, 2.05) is 0 Å². The predicted molar refractivity (Wildman–Crippen MR) is 238 cm³/mol. The van der Waals surface area contributed by atoms with Gasteiger partial charge in [-0.15, -0.1) is 0 Å². The van der Waals surface area contributed by atoms with Crippen LogP contribution in [-0.2, 0) is 28.6 Å². The van der Waals surface area contributed by atoms with E-state index in [1.165, 1.54) is 89.9 Å². The quantitative estimate of drug-likeness (QED) is 0.0266. The van der Waals surface area contributed by atoms with Crippen molar-refractivity contribution in [1.29, 1.82) is 0 Å². The Morgan fingerprint density at radius 1 is 0.375 bits per heavy atom. The lowest BCUT2D eigenvalue weighted by Crippen LogP contribution is -2.30. The lowest BCUT2D eigenvalue weighted by atomic mass is 10.1. The molecule has 0 aliphatic rings. The SMILES string of the molecule is CC/C=C\C/C=C\C/C=C\CCCCCC(=O)OC(COC(=O)CCCCCCCC)COC(=O)CCCCCCCCCCC/C=C\C/C=C\CCCCC. The van der Waals surface area contributed by atoms with Crippen molar-refractivity contribution < 1.29 is 28.6 Å². The minimum absolute atomic E-state index is 0.0879. The summed E-state index contributed by atoms with van der Waals surface area (Å²) >= 11 is 0. The summed E-state index contributed by atoms with van der Waals surface area (Å²) in [6.45, 7) is 6.40. The molecule has 0 saturated carbocycles. The molecule has 0 spiro atoms. The summed E-state index contributed by atoms with van der Waals surface area (Å²) in [5, 5.41) is 0. The summed E-state index contributed by atoms with van der Waals surface area (Å²) in [6, 6.07) is 0. The molecule has 0 radical (unpaired) electrons. The van der Waals surface area contributed by atoms with Gasteiger partial charge in [0.05, 0.1) is 0 Å². The van der Waals surface area contributed by atoms with Gasteiger partial charge in [0.15, 0.2) is 6.10 Å². The van der Waals surface area contributed by atoms with Gasteiger partial charge in [-0.2, -0.15) is 0 Å². The topological polar surface area (TPSA) is 78.9 Å². The molecule has 56 heavy (non-hydrogen) atoms. The molecule has 0 aliphatic carbocycles. The number of rotatable bonds is 41. The van der Waals surface area contributed by atoms with Crippen LogP contribution in [0.4, 0.5) is 0 Å². The van der Waals surface area contributed by atoms with E-state index in [0.717, 1.165) is 89.9 Å². The smallest absolute Gasteiger partial charge is 0.306 e. The second-order valence-corrected chi connectivity index (χ2v) is 15.3. The molecule has 0 aromatic carbocycles. The molecular formula is C50H86O6. The van der Waals surface area contributed by atoms with Crippen LogP contribution in [0.3, 0.4) is 0 Å². The zero-order chi connectivity index (χ0) is 40.8.